The molecule has 2 heterocycles. The third-order valence-electron chi connectivity index (χ3n) is 5.40. The summed E-state index contributed by atoms with van der Waals surface area (Å²) in [7, 11) is 6.24. The Morgan fingerprint density at radius 2 is 1.65 bits per heavy atom. The maximum Gasteiger partial charge on any atom is 0.368 e. The molecule has 2 aromatic carbocycles. The lowest BCUT2D eigenvalue weighted by Crippen LogP contribution is -2.23. The summed E-state index contributed by atoms with van der Waals surface area (Å²) in [6, 6.07) is 14.7. The van der Waals surface area contributed by atoms with E-state index in [1.54, 1.807) is 46.6 Å². The summed E-state index contributed by atoms with van der Waals surface area (Å²) >= 11 is 0. The molecule has 4 aromatic rings. The van der Waals surface area contributed by atoms with E-state index in [-0.39, 0.29) is 12.3 Å². The van der Waals surface area contributed by atoms with Gasteiger partial charge in [0.2, 0.25) is 11.6 Å². The zero-order valence-corrected chi connectivity index (χ0v) is 19.6. The Morgan fingerprint density at radius 1 is 0.882 bits per heavy atom. The lowest BCUT2D eigenvalue weighted by Gasteiger charge is -2.16. The molecular formula is C24H25N5O5. The van der Waals surface area contributed by atoms with Crippen LogP contribution in [0.1, 0.15) is 11.1 Å². The third kappa shape index (κ3) is 4.17. The zero-order chi connectivity index (χ0) is 24.2. The number of ether oxygens (including phenoxy) is 4. The van der Waals surface area contributed by atoms with Crippen LogP contribution in [0.15, 0.2) is 53.3 Å². The number of hydrogen-bond donors (Lipinski definition) is 0. The number of tetrazole rings is 1. The molecule has 34 heavy (non-hydrogen) atoms. The summed E-state index contributed by atoms with van der Waals surface area (Å²) in [5, 5.41) is 7.76. The fourth-order valence-corrected chi connectivity index (χ4v) is 3.63. The molecule has 0 saturated heterocycles. The van der Waals surface area contributed by atoms with Crippen molar-refractivity contribution in [3.05, 3.63) is 70.1 Å². The Balaban J connectivity index is 1.66. The Kier molecular flexibility index (Phi) is 6.48. The summed E-state index contributed by atoms with van der Waals surface area (Å²) in [5.74, 6) is 1.96. The molecule has 0 bridgehead atoms. The Morgan fingerprint density at radius 3 is 2.32 bits per heavy atom. The van der Waals surface area contributed by atoms with Gasteiger partial charge in [0.1, 0.15) is 6.61 Å². The van der Waals surface area contributed by atoms with Crippen molar-refractivity contribution in [1.29, 1.82) is 0 Å². The van der Waals surface area contributed by atoms with Crippen molar-refractivity contribution in [1.82, 2.24) is 24.8 Å². The number of nitrogens with zero attached hydrogens (tertiary/aromatic N) is 5. The largest absolute Gasteiger partial charge is 0.493 e. The first-order chi connectivity index (χ1) is 16.5. The third-order valence-corrected chi connectivity index (χ3v) is 5.40. The quantitative estimate of drug-likeness (QED) is 0.393. The number of benzene rings is 2. The van der Waals surface area contributed by atoms with Gasteiger partial charge < -0.3 is 18.9 Å². The highest BCUT2D eigenvalue weighted by Crippen LogP contribution is 2.43. The fraction of sp³-hybridized carbons (Fsp3) is 0.250. The van der Waals surface area contributed by atoms with E-state index in [2.05, 4.69) is 15.4 Å². The maximum absolute atomic E-state index is 12.4. The van der Waals surface area contributed by atoms with E-state index in [9.17, 15) is 4.79 Å². The van der Waals surface area contributed by atoms with Crippen molar-refractivity contribution in [2.75, 3.05) is 21.3 Å². The number of pyridine rings is 1. The van der Waals surface area contributed by atoms with Crippen LogP contribution >= 0.6 is 0 Å². The van der Waals surface area contributed by atoms with Crippen molar-refractivity contribution < 1.29 is 18.9 Å². The zero-order valence-electron chi connectivity index (χ0n) is 19.6. The van der Waals surface area contributed by atoms with Gasteiger partial charge in [0.15, 0.2) is 11.5 Å². The standard InChI is InChI=1S/C24H25N5O5/c1-15-8-6-10-19(29-24(30)28(2)26-27-29)17(15)14-34-21-11-7-9-18(25-21)16-12-13-20(31-3)23(33-5)22(16)32-4/h6-13H,14H2,1-5H3. The van der Waals surface area contributed by atoms with E-state index in [0.717, 1.165) is 16.7 Å². The van der Waals surface area contributed by atoms with Gasteiger partial charge in [-0.1, -0.05) is 18.2 Å². The Labute approximate surface area is 196 Å². The van der Waals surface area contributed by atoms with Crippen molar-refractivity contribution in [2.45, 2.75) is 13.5 Å². The molecule has 0 spiro atoms. The molecule has 0 fully saturated rings. The van der Waals surface area contributed by atoms with Gasteiger partial charge in [0.25, 0.3) is 0 Å². The van der Waals surface area contributed by atoms with Crippen LogP contribution in [0, 0.1) is 6.92 Å². The highest BCUT2D eigenvalue weighted by molar-refractivity contribution is 5.74. The van der Waals surface area contributed by atoms with Crippen LogP contribution in [0.2, 0.25) is 0 Å². The van der Waals surface area contributed by atoms with Crippen LogP contribution in [0.25, 0.3) is 16.9 Å². The average Bonchev–Trinajstić information content (AvgIpc) is 3.19. The SMILES string of the molecule is COc1ccc(-c2cccc(OCc3c(C)cccc3-n3nnn(C)c3=O)n2)c(OC)c1OC. The van der Waals surface area contributed by atoms with Crippen LogP contribution in [0.3, 0.4) is 0 Å². The van der Waals surface area contributed by atoms with Crippen LogP contribution in [0.5, 0.6) is 23.1 Å². The van der Waals surface area contributed by atoms with Crippen LogP contribution in [-0.2, 0) is 13.7 Å². The molecule has 176 valence electrons. The minimum Gasteiger partial charge on any atom is -0.493 e. The molecule has 0 radical (unpaired) electrons. The van der Waals surface area contributed by atoms with Crippen LogP contribution in [0.4, 0.5) is 0 Å². The first-order valence-electron chi connectivity index (χ1n) is 10.5. The summed E-state index contributed by atoms with van der Waals surface area (Å²) in [4.78, 5) is 17.0. The summed E-state index contributed by atoms with van der Waals surface area (Å²) < 4.78 is 24.9. The van der Waals surface area contributed by atoms with E-state index >= 15 is 0 Å². The number of rotatable bonds is 8. The normalized spacial score (nSPS) is 10.7. The number of aromatic nitrogens is 5. The fourth-order valence-electron chi connectivity index (χ4n) is 3.63. The van der Waals surface area contributed by atoms with Crippen LogP contribution < -0.4 is 24.6 Å². The second kappa shape index (κ2) is 9.65. The van der Waals surface area contributed by atoms with Gasteiger partial charge in [-0.05, 0) is 47.2 Å². The highest BCUT2D eigenvalue weighted by atomic mass is 16.5. The van der Waals surface area contributed by atoms with Crippen molar-refractivity contribution in [2.24, 2.45) is 7.05 Å². The molecule has 10 heteroatoms. The van der Waals surface area contributed by atoms with E-state index in [1.807, 2.05) is 37.3 Å². The smallest absolute Gasteiger partial charge is 0.368 e. The van der Waals surface area contributed by atoms with Gasteiger partial charge in [0, 0.05) is 24.2 Å². The molecule has 0 aliphatic heterocycles. The minimum atomic E-state index is -0.340. The molecule has 0 amide bonds. The van der Waals surface area contributed by atoms with E-state index in [0.29, 0.717) is 34.5 Å². The minimum absolute atomic E-state index is 0.185. The molecule has 0 N–H and O–H groups in total. The monoisotopic (exact) mass is 463 g/mol. The number of methoxy groups -OCH3 is 3. The van der Waals surface area contributed by atoms with E-state index in [1.165, 1.54) is 9.36 Å². The van der Waals surface area contributed by atoms with Crippen LogP contribution in [-0.4, -0.2) is 46.1 Å². The molecule has 0 aliphatic carbocycles. The van der Waals surface area contributed by atoms with Crippen molar-refractivity contribution in [3.63, 3.8) is 0 Å². The number of aryl methyl sites for hydroxylation is 2. The molecule has 2 aromatic heterocycles. The molecule has 0 aliphatic rings. The first kappa shape index (κ1) is 22.8. The first-order valence-corrected chi connectivity index (χ1v) is 10.5. The van der Waals surface area contributed by atoms with E-state index in [4.69, 9.17) is 18.9 Å². The molecule has 0 atom stereocenters. The van der Waals surface area contributed by atoms with Crippen molar-refractivity contribution in [3.8, 4) is 40.1 Å². The summed E-state index contributed by atoms with van der Waals surface area (Å²) in [6.07, 6.45) is 0. The van der Waals surface area contributed by atoms with Crippen molar-refractivity contribution >= 4 is 0 Å². The van der Waals surface area contributed by atoms with Gasteiger partial charge in [-0.15, -0.1) is 0 Å². The topological polar surface area (TPSA) is 103 Å². The highest BCUT2D eigenvalue weighted by Gasteiger charge is 2.19. The van der Waals surface area contributed by atoms with Gasteiger partial charge >= 0.3 is 5.69 Å². The summed E-state index contributed by atoms with van der Waals surface area (Å²) in [5.41, 5.74) is 3.40. The van der Waals surface area contributed by atoms with E-state index < -0.39 is 0 Å². The molecule has 0 unspecified atom stereocenters. The average molecular weight is 463 g/mol. The molecule has 0 saturated carbocycles. The van der Waals surface area contributed by atoms with Gasteiger partial charge in [-0.25, -0.2) is 9.78 Å². The number of hydrogen-bond acceptors (Lipinski definition) is 8. The van der Waals surface area contributed by atoms with Gasteiger partial charge in [-0.2, -0.15) is 9.36 Å². The lowest BCUT2D eigenvalue weighted by molar-refractivity contribution is 0.293. The van der Waals surface area contributed by atoms with Gasteiger partial charge in [-0.3, -0.25) is 0 Å². The molecular weight excluding hydrogens is 438 g/mol. The second-order valence-electron chi connectivity index (χ2n) is 7.40. The van der Waals surface area contributed by atoms with Gasteiger partial charge in [0.05, 0.1) is 32.7 Å². The Hall–Kier alpha value is -4.34. The predicted molar refractivity (Wildman–Crippen MR) is 125 cm³/mol. The second-order valence-corrected chi connectivity index (χ2v) is 7.40. The molecule has 10 nitrogen and oxygen atoms in total. The maximum atomic E-state index is 12.4. The molecule has 4 rings (SSSR count). The summed E-state index contributed by atoms with van der Waals surface area (Å²) in [6.45, 7) is 2.13. The predicted octanol–water partition coefficient (Wildman–Crippen LogP) is 2.94. The lowest BCUT2D eigenvalue weighted by atomic mass is 10.1. The Bertz CT molecular complexity index is 1380.